The summed E-state index contributed by atoms with van der Waals surface area (Å²) in [4.78, 5) is 14.0. The molecular weight excluding hydrogens is 386 g/mol. The smallest absolute Gasteiger partial charge is 0.307 e. The van der Waals surface area contributed by atoms with Crippen molar-refractivity contribution in [2.75, 3.05) is 13.1 Å². The van der Waals surface area contributed by atoms with Gasteiger partial charge in [-0.05, 0) is 60.7 Å². The van der Waals surface area contributed by atoms with Gasteiger partial charge in [0.25, 0.3) is 0 Å². The number of piperidine rings is 1. The monoisotopic (exact) mass is 415 g/mol. The maximum Gasteiger partial charge on any atom is 0.307 e. The molecule has 1 aliphatic heterocycles. The van der Waals surface area contributed by atoms with E-state index < -0.39 is 5.97 Å². The molecule has 3 aromatic rings. The van der Waals surface area contributed by atoms with Crippen LogP contribution < -0.4 is 4.74 Å². The van der Waals surface area contributed by atoms with Gasteiger partial charge in [-0.25, -0.2) is 0 Å². The van der Waals surface area contributed by atoms with E-state index in [2.05, 4.69) is 54.3 Å². The lowest BCUT2D eigenvalue weighted by atomic mass is 9.89. The highest BCUT2D eigenvalue weighted by molar-refractivity contribution is 5.70. The summed E-state index contributed by atoms with van der Waals surface area (Å²) >= 11 is 0. The summed E-state index contributed by atoms with van der Waals surface area (Å²) < 4.78 is 6.08. The Labute approximate surface area is 184 Å². The maximum atomic E-state index is 11.7. The lowest BCUT2D eigenvalue weighted by molar-refractivity contribution is -0.143. The standard InChI is InChI=1S/C27H29NO3/c1-20-9-5-6-15-25(20)26(28-16-8-13-23(18-28)27(29)30)22-12-7-14-24(17-22)31-19-21-10-3-2-4-11-21/h2-7,9-12,14-15,17,23,26H,8,13,16,18-19H2,1H3,(H,29,30). The summed E-state index contributed by atoms with van der Waals surface area (Å²) in [7, 11) is 0. The molecule has 1 saturated heterocycles. The molecule has 0 spiro atoms. The molecular formula is C27H29NO3. The quantitative estimate of drug-likeness (QED) is 0.557. The Morgan fingerprint density at radius 3 is 2.61 bits per heavy atom. The summed E-state index contributed by atoms with van der Waals surface area (Å²) in [6, 6.07) is 26.8. The molecule has 0 saturated carbocycles. The van der Waals surface area contributed by atoms with E-state index in [4.69, 9.17) is 4.74 Å². The molecule has 160 valence electrons. The molecule has 3 aromatic carbocycles. The van der Waals surface area contributed by atoms with Crippen LogP contribution in [0.1, 0.15) is 41.1 Å². The number of hydrogen-bond acceptors (Lipinski definition) is 3. The first-order valence-corrected chi connectivity index (χ1v) is 10.9. The number of likely N-dealkylation sites (tertiary alicyclic amines) is 1. The molecule has 0 amide bonds. The fourth-order valence-electron chi connectivity index (χ4n) is 4.44. The van der Waals surface area contributed by atoms with Crippen molar-refractivity contribution in [2.24, 2.45) is 5.92 Å². The minimum Gasteiger partial charge on any atom is -0.489 e. The van der Waals surface area contributed by atoms with E-state index in [1.54, 1.807) is 0 Å². The van der Waals surface area contributed by atoms with Gasteiger partial charge in [-0.3, -0.25) is 9.69 Å². The van der Waals surface area contributed by atoms with E-state index in [0.717, 1.165) is 36.3 Å². The van der Waals surface area contributed by atoms with Gasteiger partial charge in [-0.15, -0.1) is 0 Å². The minimum absolute atomic E-state index is 0.00336. The Hall–Kier alpha value is -3.11. The number of carbonyl (C=O) groups is 1. The van der Waals surface area contributed by atoms with Crippen LogP contribution in [0.25, 0.3) is 0 Å². The van der Waals surface area contributed by atoms with Crippen LogP contribution in [0.2, 0.25) is 0 Å². The van der Waals surface area contributed by atoms with E-state index in [-0.39, 0.29) is 12.0 Å². The van der Waals surface area contributed by atoms with Gasteiger partial charge in [-0.1, -0.05) is 66.7 Å². The molecule has 0 radical (unpaired) electrons. The van der Waals surface area contributed by atoms with Gasteiger partial charge < -0.3 is 9.84 Å². The van der Waals surface area contributed by atoms with Crippen molar-refractivity contribution in [1.82, 2.24) is 4.90 Å². The molecule has 4 heteroatoms. The van der Waals surface area contributed by atoms with Gasteiger partial charge in [-0.2, -0.15) is 0 Å². The van der Waals surface area contributed by atoms with Crippen LogP contribution in [0.4, 0.5) is 0 Å². The van der Waals surface area contributed by atoms with Crippen LogP contribution in [0.3, 0.4) is 0 Å². The minimum atomic E-state index is -0.701. The first kappa shape index (κ1) is 21.1. The normalized spacial score (nSPS) is 17.8. The molecule has 1 aliphatic rings. The zero-order valence-electron chi connectivity index (χ0n) is 17.9. The van der Waals surface area contributed by atoms with Gasteiger partial charge in [0.2, 0.25) is 0 Å². The number of benzene rings is 3. The van der Waals surface area contributed by atoms with E-state index in [1.807, 2.05) is 36.4 Å². The predicted molar refractivity (Wildman–Crippen MR) is 122 cm³/mol. The largest absolute Gasteiger partial charge is 0.489 e. The molecule has 31 heavy (non-hydrogen) atoms. The number of ether oxygens (including phenoxy) is 1. The topological polar surface area (TPSA) is 49.8 Å². The fraction of sp³-hybridized carbons (Fsp3) is 0.296. The number of carboxylic acids is 1. The summed E-state index contributed by atoms with van der Waals surface area (Å²) in [5, 5.41) is 9.61. The summed E-state index contributed by atoms with van der Waals surface area (Å²) in [5.41, 5.74) is 4.68. The lowest BCUT2D eigenvalue weighted by Gasteiger charge is -2.38. The molecule has 0 aliphatic carbocycles. The SMILES string of the molecule is Cc1ccccc1C(c1cccc(OCc2ccccc2)c1)N1CCCC(C(=O)O)C1. The van der Waals surface area contributed by atoms with Crippen LogP contribution in [-0.2, 0) is 11.4 Å². The van der Waals surface area contributed by atoms with Crippen molar-refractivity contribution >= 4 is 5.97 Å². The maximum absolute atomic E-state index is 11.7. The van der Waals surface area contributed by atoms with Crippen LogP contribution >= 0.6 is 0 Å². The number of aryl methyl sites for hydroxylation is 1. The number of hydrogen-bond donors (Lipinski definition) is 1. The first-order valence-electron chi connectivity index (χ1n) is 10.9. The Morgan fingerprint density at radius 2 is 1.84 bits per heavy atom. The Kier molecular flexibility index (Phi) is 6.68. The van der Waals surface area contributed by atoms with Gasteiger partial charge >= 0.3 is 5.97 Å². The first-order chi connectivity index (χ1) is 15.1. The highest BCUT2D eigenvalue weighted by Gasteiger charge is 2.32. The molecule has 2 unspecified atom stereocenters. The van der Waals surface area contributed by atoms with Crippen LogP contribution in [0.15, 0.2) is 78.9 Å². The molecule has 1 N–H and O–H groups in total. The second-order valence-electron chi connectivity index (χ2n) is 8.28. The third kappa shape index (κ3) is 5.15. The Bertz CT molecular complexity index is 1020. The molecule has 1 fully saturated rings. The molecule has 1 heterocycles. The van der Waals surface area contributed by atoms with Gasteiger partial charge in [0.1, 0.15) is 12.4 Å². The fourth-order valence-corrected chi connectivity index (χ4v) is 4.44. The lowest BCUT2D eigenvalue weighted by Crippen LogP contribution is -2.41. The van der Waals surface area contributed by atoms with Crippen molar-refractivity contribution in [3.8, 4) is 5.75 Å². The Balaban J connectivity index is 1.64. The van der Waals surface area contributed by atoms with E-state index in [9.17, 15) is 9.90 Å². The van der Waals surface area contributed by atoms with Crippen molar-refractivity contribution < 1.29 is 14.6 Å². The van der Waals surface area contributed by atoms with Gasteiger partial charge in [0.15, 0.2) is 0 Å². The van der Waals surface area contributed by atoms with Gasteiger partial charge in [0.05, 0.1) is 12.0 Å². The molecule has 4 nitrogen and oxygen atoms in total. The summed E-state index contributed by atoms with van der Waals surface area (Å²) in [5.74, 6) is -0.197. The number of nitrogens with zero attached hydrogens (tertiary/aromatic N) is 1. The highest BCUT2D eigenvalue weighted by atomic mass is 16.5. The van der Waals surface area contributed by atoms with Crippen molar-refractivity contribution in [1.29, 1.82) is 0 Å². The average Bonchev–Trinajstić information content (AvgIpc) is 2.80. The van der Waals surface area contributed by atoms with Crippen molar-refractivity contribution in [3.05, 3.63) is 101 Å². The second kappa shape index (κ2) is 9.80. The zero-order chi connectivity index (χ0) is 21.6. The van der Waals surface area contributed by atoms with Crippen molar-refractivity contribution in [3.63, 3.8) is 0 Å². The molecule has 4 rings (SSSR count). The zero-order valence-corrected chi connectivity index (χ0v) is 17.9. The van der Waals surface area contributed by atoms with Crippen molar-refractivity contribution in [2.45, 2.75) is 32.4 Å². The van der Waals surface area contributed by atoms with E-state index in [1.165, 1.54) is 11.1 Å². The molecule has 0 aromatic heterocycles. The van der Waals surface area contributed by atoms with Crippen LogP contribution in [0, 0.1) is 12.8 Å². The average molecular weight is 416 g/mol. The molecule has 2 atom stereocenters. The Morgan fingerprint density at radius 1 is 1.06 bits per heavy atom. The van der Waals surface area contributed by atoms with Gasteiger partial charge in [0, 0.05) is 6.54 Å². The highest BCUT2D eigenvalue weighted by Crippen LogP contribution is 2.35. The number of aliphatic carboxylic acids is 1. The summed E-state index contributed by atoms with van der Waals surface area (Å²) in [6.07, 6.45) is 1.64. The third-order valence-corrected chi connectivity index (χ3v) is 6.07. The van der Waals surface area contributed by atoms with Crippen LogP contribution in [0.5, 0.6) is 5.75 Å². The number of carboxylic acid groups (broad SMARTS) is 1. The summed E-state index contributed by atoms with van der Waals surface area (Å²) in [6.45, 7) is 4.09. The predicted octanol–water partition coefficient (Wildman–Crippen LogP) is 5.46. The van der Waals surface area contributed by atoms with E-state index >= 15 is 0 Å². The molecule has 0 bridgehead atoms. The third-order valence-electron chi connectivity index (χ3n) is 6.07. The second-order valence-corrected chi connectivity index (χ2v) is 8.28. The van der Waals surface area contributed by atoms with Crippen LogP contribution in [-0.4, -0.2) is 29.1 Å². The number of rotatable bonds is 7. The van der Waals surface area contributed by atoms with E-state index in [0.29, 0.717) is 13.2 Å².